The SMILES string of the molecule is NCCC1CCCN1c1ccc(-c2ccc[nH]2)nn1. The highest BCUT2D eigenvalue weighted by atomic mass is 15.3. The Hall–Kier alpha value is -1.88. The van der Waals surface area contributed by atoms with Crippen LogP contribution in [-0.2, 0) is 0 Å². The number of hydrogen-bond acceptors (Lipinski definition) is 4. The molecule has 5 heteroatoms. The van der Waals surface area contributed by atoms with Gasteiger partial charge in [0.1, 0.15) is 5.69 Å². The molecule has 0 bridgehead atoms. The van der Waals surface area contributed by atoms with E-state index in [1.807, 2.05) is 24.4 Å². The predicted molar refractivity (Wildman–Crippen MR) is 75.9 cm³/mol. The number of rotatable bonds is 4. The van der Waals surface area contributed by atoms with Gasteiger partial charge in [0.25, 0.3) is 0 Å². The molecule has 1 atom stereocenters. The molecule has 0 amide bonds. The fourth-order valence-corrected chi connectivity index (χ4v) is 2.74. The molecule has 0 aliphatic carbocycles. The smallest absolute Gasteiger partial charge is 0.151 e. The third-order valence-electron chi connectivity index (χ3n) is 3.70. The van der Waals surface area contributed by atoms with Crippen molar-refractivity contribution in [3.05, 3.63) is 30.5 Å². The van der Waals surface area contributed by atoms with Gasteiger partial charge < -0.3 is 15.6 Å². The molecule has 3 heterocycles. The number of hydrogen-bond donors (Lipinski definition) is 2. The van der Waals surface area contributed by atoms with Crippen molar-refractivity contribution in [2.24, 2.45) is 5.73 Å². The Labute approximate surface area is 112 Å². The van der Waals surface area contributed by atoms with E-state index in [-0.39, 0.29) is 0 Å². The number of aromatic nitrogens is 3. The second-order valence-electron chi connectivity index (χ2n) is 4.93. The average molecular weight is 257 g/mol. The first kappa shape index (κ1) is 12.2. The van der Waals surface area contributed by atoms with Crippen LogP contribution in [0.5, 0.6) is 0 Å². The molecule has 19 heavy (non-hydrogen) atoms. The highest BCUT2D eigenvalue weighted by molar-refractivity contribution is 5.55. The maximum Gasteiger partial charge on any atom is 0.151 e. The molecule has 0 spiro atoms. The van der Waals surface area contributed by atoms with Crippen LogP contribution < -0.4 is 10.6 Å². The molecule has 3 rings (SSSR count). The van der Waals surface area contributed by atoms with Crippen molar-refractivity contribution < 1.29 is 0 Å². The zero-order valence-corrected chi connectivity index (χ0v) is 10.9. The first-order valence-electron chi connectivity index (χ1n) is 6.82. The molecule has 0 radical (unpaired) electrons. The maximum atomic E-state index is 5.67. The number of H-pyrrole nitrogens is 1. The van der Waals surface area contributed by atoms with Gasteiger partial charge in [-0.1, -0.05) is 0 Å². The third-order valence-corrected chi connectivity index (χ3v) is 3.70. The van der Waals surface area contributed by atoms with E-state index in [4.69, 9.17) is 5.73 Å². The lowest BCUT2D eigenvalue weighted by atomic mass is 10.1. The van der Waals surface area contributed by atoms with E-state index in [1.54, 1.807) is 0 Å². The van der Waals surface area contributed by atoms with E-state index in [0.29, 0.717) is 6.04 Å². The van der Waals surface area contributed by atoms with E-state index in [2.05, 4.69) is 26.1 Å². The summed E-state index contributed by atoms with van der Waals surface area (Å²) in [4.78, 5) is 5.47. The Morgan fingerprint density at radius 2 is 2.26 bits per heavy atom. The van der Waals surface area contributed by atoms with Crippen LogP contribution in [0.1, 0.15) is 19.3 Å². The minimum absolute atomic E-state index is 0.524. The summed E-state index contributed by atoms with van der Waals surface area (Å²) >= 11 is 0. The van der Waals surface area contributed by atoms with Gasteiger partial charge in [-0.05, 0) is 50.1 Å². The lowest BCUT2D eigenvalue weighted by molar-refractivity contribution is 0.612. The van der Waals surface area contributed by atoms with Crippen molar-refractivity contribution in [1.29, 1.82) is 0 Å². The largest absolute Gasteiger partial charge is 0.360 e. The van der Waals surface area contributed by atoms with Crippen LogP contribution in [0.25, 0.3) is 11.4 Å². The summed E-state index contributed by atoms with van der Waals surface area (Å²) in [6, 6.07) is 8.55. The molecule has 3 N–H and O–H groups in total. The van der Waals surface area contributed by atoms with Crippen LogP contribution in [-0.4, -0.2) is 34.3 Å². The maximum absolute atomic E-state index is 5.67. The van der Waals surface area contributed by atoms with Crippen molar-refractivity contribution in [1.82, 2.24) is 15.2 Å². The fraction of sp³-hybridized carbons (Fsp3) is 0.429. The van der Waals surface area contributed by atoms with Gasteiger partial charge in [0.05, 0.1) is 5.69 Å². The van der Waals surface area contributed by atoms with Crippen LogP contribution in [0.4, 0.5) is 5.82 Å². The van der Waals surface area contributed by atoms with Gasteiger partial charge in [0.15, 0.2) is 5.82 Å². The molecule has 1 unspecified atom stereocenters. The van der Waals surface area contributed by atoms with Gasteiger partial charge in [-0.25, -0.2) is 0 Å². The lowest BCUT2D eigenvalue weighted by Gasteiger charge is -2.24. The number of aromatic amines is 1. The van der Waals surface area contributed by atoms with Crippen molar-refractivity contribution in [3.63, 3.8) is 0 Å². The molecular formula is C14H19N5. The summed E-state index contributed by atoms with van der Waals surface area (Å²) in [6.07, 6.45) is 5.34. The summed E-state index contributed by atoms with van der Waals surface area (Å²) in [6.45, 7) is 1.79. The zero-order chi connectivity index (χ0) is 13.1. The molecule has 0 saturated carbocycles. The number of anilines is 1. The highest BCUT2D eigenvalue weighted by Crippen LogP contribution is 2.26. The minimum Gasteiger partial charge on any atom is -0.360 e. The Bertz CT molecular complexity index is 505. The zero-order valence-electron chi connectivity index (χ0n) is 10.9. The average Bonchev–Trinajstić information content (AvgIpc) is 3.10. The molecule has 5 nitrogen and oxygen atoms in total. The van der Waals surface area contributed by atoms with E-state index in [1.165, 1.54) is 12.8 Å². The van der Waals surface area contributed by atoms with Crippen LogP contribution in [0, 0.1) is 0 Å². The quantitative estimate of drug-likeness (QED) is 0.876. The first-order valence-corrected chi connectivity index (χ1v) is 6.82. The minimum atomic E-state index is 0.524. The van der Waals surface area contributed by atoms with Gasteiger partial charge in [0.2, 0.25) is 0 Å². The van der Waals surface area contributed by atoms with Crippen LogP contribution in [0.3, 0.4) is 0 Å². The van der Waals surface area contributed by atoms with E-state index < -0.39 is 0 Å². The van der Waals surface area contributed by atoms with Gasteiger partial charge in [-0.3, -0.25) is 0 Å². The van der Waals surface area contributed by atoms with Crippen molar-refractivity contribution in [3.8, 4) is 11.4 Å². The Morgan fingerprint density at radius 1 is 1.32 bits per heavy atom. The van der Waals surface area contributed by atoms with Crippen LogP contribution >= 0.6 is 0 Å². The van der Waals surface area contributed by atoms with Crippen molar-refractivity contribution in [2.45, 2.75) is 25.3 Å². The van der Waals surface area contributed by atoms with Crippen molar-refractivity contribution >= 4 is 5.82 Å². The summed E-state index contributed by atoms with van der Waals surface area (Å²) < 4.78 is 0. The van der Waals surface area contributed by atoms with E-state index in [9.17, 15) is 0 Å². The van der Waals surface area contributed by atoms with Crippen LogP contribution in [0.15, 0.2) is 30.5 Å². The summed E-state index contributed by atoms with van der Waals surface area (Å²) in [5.41, 5.74) is 7.55. The van der Waals surface area contributed by atoms with Gasteiger partial charge in [-0.2, -0.15) is 0 Å². The van der Waals surface area contributed by atoms with Gasteiger partial charge in [0, 0.05) is 18.8 Å². The molecule has 1 saturated heterocycles. The molecular weight excluding hydrogens is 238 g/mol. The molecule has 1 aliphatic rings. The molecule has 2 aromatic heterocycles. The normalized spacial score (nSPS) is 19.0. The summed E-state index contributed by atoms with van der Waals surface area (Å²) in [7, 11) is 0. The third kappa shape index (κ3) is 2.46. The monoisotopic (exact) mass is 257 g/mol. The second kappa shape index (κ2) is 5.40. The molecule has 100 valence electrons. The molecule has 0 aromatic carbocycles. The van der Waals surface area contributed by atoms with Gasteiger partial charge in [-0.15, -0.1) is 10.2 Å². The second-order valence-corrected chi connectivity index (χ2v) is 4.93. The lowest BCUT2D eigenvalue weighted by Crippen LogP contribution is -2.31. The molecule has 1 fully saturated rings. The summed E-state index contributed by atoms with van der Waals surface area (Å²) in [5.74, 6) is 0.964. The van der Waals surface area contributed by atoms with E-state index in [0.717, 1.165) is 36.7 Å². The molecule has 1 aliphatic heterocycles. The Morgan fingerprint density at radius 3 is 2.95 bits per heavy atom. The number of nitrogens with two attached hydrogens (primary N) is 1. The standard InChI is InChI=1S/C14H19N5/c15-8-7-11-3-2-10-19(11)14-6-5-13(17-18-14)12-4-1-9-16-12/h1,4-6,9,11,16H,2-3,7-8,10,15H2. The van der Waals surface area contributed by atoms with Crippen LogP contribution in [0.2, 0.25) is 0 Å². The Kier molecular flexibility index (Phi) is 3.46. The topological polar surface area (TPSA) is 70.8 Å². The number of nitrogens with one attached hydrogen (secondary N) is 1. The predicted octanol–water partition coefficient (Wildman–Crippen LogP) is 1.79. The summed E-state index contributed by atoms with van der Waals surface area (Å²) in [5, 5.41) is 8.67. The Balaban J connectivity index is 1.79. The van der Waals surface area contributed by atoms with Crippen molar-refractivity contribution in [2.75, 3.05) is 18.0 Å². The first-order chi connectivity index (χ1) is 9.38. The van der Waals surface area contributed by atoms with E-state index >= 15 is 0 Å². The molecule has 2 aromatic rings. The van der Waals surface area contributed by atoms with Gasteiger partial charge >= 0.3 is 0 Å². The highest BCUT2D eigenvalue weighted by Gasteiger charge is 2.25. The fourth-order valence-electron chi connectivity index (χ4n) is 2.74. The number of nitrogens with zero attached hydrogens (tertiary/aromatic N) is 3.